The van der Waals surface area contributed by atoms with E-state index in [0.29, 0.717) is 13.1 Å². The molecule has 5 nitrogen and oxygen atoms in total. The summed E-state index contributed by atoms with van der Waals surface area (Å²) in [5.74, 6) is 0.911. The van der Waals surface area contributed by atoms with Gasteiger partial charge in [0.1, 0.15) is 5.75 Å². The lowest BCUT2D eigenvalue weighted by atomic mass is 10.1. The Kier molecular flexibility index (Phi) is 5.66. The number of rotatable bonds is 5. The monoisotopic (exact) mass is 306 g/mol. The van der Waals surface area contributed by atoms with Crippen molar-refractivity contribution in [1.82, 2.24) is 10.2 Å². The topological polar surface area (TPSA) is 50.8 Å². The zero-order chi connectivity index (χ0) is 16.1. The highest BCUT2D eigenvalue weighted by atomic mass is 16.5. The van der Waals surface area contributed by atoms with Crippen molar-refractivity contribution in [2.75, 3.05) is 27.3 Å². The number of hydrogen-bond acceptors (Lipinski definition) is 3. The first-order valence-electron chi connectivity index (χ1n) is 7.76. The summed E-state index contributed by atoms with van der Waals surface area (Å²) in [6.07, 6.45) is 2.28. The molecule has 0 unspecified atom stereocenters. The van der Waals surface area contributed by atoms with E-state index in [-0.39, 0.29) is 12.1 Å². The van der Waals surface area contributed by atoms with Crippen LogP contribution in [0.5, 0.6) is 5.75 Å². The van der Waals surface area contributed by atoms with Crippen molar-refractivity contribution in [2.45, 2.75) is 39.3 Å². The molecule has 1 heterocycles. The smallest absolute Gasteiger partial charge is 0.317 e. The quantitative estimate of drug-likeness (QED) is 0.910. The van der Waals surface area contributed by atoms with Crippen LogP contribution in [0.25, 0.3) is 0 Å². The van der Waals surface area contributed by atoms with Gasteiger partial charge in [-0.25, -0.2) is 4.79 Å². The maximum absolute atomic E-state index is 12.1. The molecule has 0 bridgehead atoms. The number of carbonyl (C=O) groups excluding carboxylic acids is 1. The van der Waals surface area contributed by atoms with E-state index in [9.17, 15) is 4.79 Å². The number of methoxy groups -OCH3 is 1. The van der Waals surface area contributed by atoms with Gasteiger partial charge in [-0.05, 0) is 43.4 Å². The van der Waals surface area contributed by atoms with E-state index >= 15 is 0 Å². The number of carbonyl (C=O) groups is 1. The molecule has 0 spiro atoms. The molecular formula is C17H26N2O3. The van der Waals surface area contributed by atoms with E-state index < -0.39 is 0 Å². The Balaban J connectivity index is 1.90. The van der Waals surface area contributed by atoms with Crippen LogP contribution in [0.2, 0.25) is 0 Å². The molecule has 0 aliphatic carbocycles. The predicted octanol–water partition coefficient (Wildman–Crippen LogP) is 2.63. The highest BCUT2D eigenvalue weighted by molar-refractivity contribution is 5.73. The van der Waals surface area contributed by atoms with Crippen LogP contribution < -0.4 is 10.1 Å². The Morgan fingerprint density at radius 1 is 1.41 bits per heavy atom. The lowest BCUT2D eigenvalue weighted by Crippen LogP contribution is -2.40. The van der Waals surface area contributed by atoms with Gasteiger partial charge in [0.05, 0.1) is 13.2 Å². The lowest BCUT2D eigenvalue weighted by Gasteiger charge is -2.20. The van der Waals surface area contributed by atoms with Gasteiger partial charge in [-0.15, -0.1) is 0 Å². The minimum Gasteiger partial charge on any atom is -0.496 e. The zero-order valence-electron chi connectivity index (χ0n) is 13.9. The first-order chi connectivity index (χ1) is 10.5. The highest BCUT2D eigenvalue weighted by Crippen LogP contribution is 2.24. The van der Waals surface area contributed by atoms with E-state index in [1.807, 2.05) is 13.8 Å². The standard InChI is InChI=1S/C17H26N2O3/c1-12-8-14(9-13(2)16(12)21-4)11-19(3)17(20)18-10-15-6-5-7-22-15/h8-9,15H,5-7,10-11H2,1-4H3,(H,18,20)/t15-/m0/s1. The molecule has 2 amide bonds. The molecule has 1 aromatic carbocycles. The normalized spacial score (nSPS) is 17.4. The number of nitrogens with one attached hydrogen (secondary N) is 1. The van der Waals surface area contributed by atoms with Crippen LogP contribution in [0.3, 0.4) is 0 Å². The van der Waals surface area contributed by atoms with Gasteiger partial charge in [0, 0.05) is 26.7 Å². The van der Waals surface area contributed by atoms with Gasteiger partial charge in [0.15, 0.2) is 0 Å². The summed E-state index contributed by atoms with van der Waals surface area (Å²) in [6.45, 7) is 6.01. The minimum absolute atomic E-state index is 0.0679. The third-order valence-corrected chi connectivity index (χ3v) is 4.00. The summed E-state index contributed by atoms with van der Waals surface area (Å²) < 4.78 is 10.9. The second-order valence-electron chi connectivity index (χ2n) is 5.94. The Bertz CT molecular complexity index is 502. The van der Waals surface area contributed by atoms with Crippen molar-refractivity contribution < 1.29 is 14.3 Å². The number of benzene rings is 1. The third-order valence-electron chi connectivity index (χ3n) is 4.00. The van der Waals surface area contributed by atoms with Crippen molar-refractivity contribution in [3.63, 3.8) is 0 Å². The fourth-order valence-corrected chi connectivity index (χ4v) is 2.94. The van der Waals surface area contributed by atoms with Crippen molar-refractivity contribution in [2.24, 2.45) is 0 Å². The Morgan fingerprint density at radius 3 is 2.64 bits per heavy atom. The predicted molar refractivity (Wildman–Crippen MR) is 86.3 cm³/mol. The molecule has 1 N–H and O–H groups in total. The van der Waals surface area contributed by atoms with E-state index in [2.05, 4.69) is 17.4 Å². The number of nitrogens with zero attached hydrogens (tertiary/aromatic N) is 1. The number of urea groups is 1. The molecule has 0 aromatic heterocycles. The van der Waals surface area contributed by atoms with Crippen LogP contribution >= 0.6 is 0 Å². The average Bonchev–Trinajstić information content (AvgIpc) is 2.97. The molecule has 1 aromatic rings. The van der Waals surface area contributed by atoms with Crippen LogP contribution in [-0.2, 0) is 11.3 Å². The number of amides is 2. The SMILES string of the molecule is COc1c(C)cc(CN(C)C(=O)NC[C@@H]2CCCO2)cc1C. The van der Waals surface area contributed by atoms with Gasteiger partial charge in [0.2, 0.25) is 0 Å². The first-order valence-corrected chi connectivity index (χ1v) is 7.76. The Morgan fingerprint density at radius 2 is 2.09 bits per heavy atom. The van der Waals surface area contributed by atoms with Gasteiger partial charge in [-0.3, -0.25) is 0 Å². The largest absolute Gasteiger partial charge is 0.496 e. The van der Waals surface area contributed by atoms with Crippen molar-refractivity contribution in [3.05, 3.63) is 28.8 Å². The molecule has 1 fully saturated rings. The van der Waals surface area contributed by atoms with Gasteiger partial charge < -0.3 is 19.7 Å². The van der Waals surface area contributed by atoms with Gasteiger partial charge in [-0.2, -0.15) is 0 Å². The maximum atomic E-state index is 12.1. The molecule has 122 valence electrons. The fourth-order valence-electron chi connectivity index (χ4n) is 2.94. The molecule has 1 aliphatic heterocycles. The lowest BCUT2D eigenvalue weighted by molar-refractivity contribution is 0.109. The summed E-state index contributed by atoms with van der Waals surface area (Å²) >= 11 is 0. The van der Waals surface area contributed by atoms with E-state index in [4.69, 9.17) is 9.47 Å². The molecule has 0 saturated carbocycles. The maximum Gasteiger partial charge on any atom is 0.317 e. The molecule has 0 radical (unpaired) electrons. The Labute approximate surface area is 132 Å². The summed E-state index contributed by atoms with van der Waals surface area (Å²) in [6, 6.07) is 4.06. The number of ether oxygens (including phenoxy) is 2. The molecule has 1 atom stereocenters. The molecular weight excluding hydrogens is 280 g/mol. The molecule has 1 aliphatic rings. The van der Waals surface area contributed by atoms with E-state index in [1.54, 1.807) is 19.1 Å². The molecule has 2 rings (SSSR count). The van der Waals surface area contributed by atoms with Crippen molar-refractivity contribution in [3.8, 4) is 5.75 Å². The minimum atomic E-state index is -0.0679. The fraction of sp³-hybridized carbons (Fsp3) is 0.588. The zero-order valence-corrected chi connectivity index (χ0v) is 13.9. The molecule has 22 heavy (non-hydrogen) atoms. The number of hydrogen-bond donors (Lipinski definition) is 1. The third kappa shape index (κ3) is 4.13. The second-order valence-corrected chi connectivity index (χ2v) is 5.94. The van der Waals surface area contributed by atoms with E-state index in [0.717, 1.165) is 41.9 Å². The second kappa shape index (κ2) is 7.49. The summed E-state index contributed by atoms with van der Waals surface area (Å²) in [7, 11) is 3.49. The number of aryl methyl sites for hydroxylation is 2. The van der Waals surface area contributed by atoms with Crippen LogP contribution in [0, 0.1) is 13.8 Å². The Hall–Kier alpha value is -1.75. The summed E-state index contributed by atoms with van der Waals surface area (Å²) in [5.41, 5.74) is 3.28. The summed E-state index contributed by atoms with van der Waals surface area (Å²) in [4.78, 5) is 13.8. The molecule has 1 saturated heterocycles. The van der Waals surface area contributed by atoms with Crippen molar-refractivity contribution >= 4 is 6.03 Å². The first kappa shape index (κ1) is 16.6. The van der Waals surface area contributed by atoms with Gasteiger partial charge in [0.25, 0.3) is 0 Å². The van der Waals surface area contributed by atoms with Gasteiger partial charge in [-0.1, -0.05) is 12.1 Å². The van der Waals surface area contributed by atoms with Crippen LogP contribution in [0.15, 0.2) is 12.1 Å². The van der Waals surface area contributed by atoms with Crippen LogP contribution in [-0.4, -0.2) is 44.3 Å². The van der Waals surface area contributed by atoms with Crippen LogP contribution in [0.1, 0.15) is 29.5 Å². The summed E-state index contributed by atoms with van der Waals surface area (Å²) in [5, 5.41) is 2.93. The van der Waals surface area contributed by atoms with E-state index in [1.165, 1.54) is 0 Å². The van der Waals surface area contributed by atoms with Crippen molar-refractivity contribution in [1.29, 1.82) is 0 Å². The highest BCUT2D eigenvalue weighted by Gasteiger charge is 2.17. The average molecular weight is 306 g/mol. The van der Waals surface area contributed by atoms with Crippen LogP contribution in [0.4, 0.5) is 4.79 Å². The molecule has 5 heteroatoms. The van der Waals surface area contributed by atoms with Gasteiger partial charge >= 0.3 is 6.03 Å².